The van der Waals surface area contributed by atoms with E-state index in [1.165, 1.54) is 17.7 Å². The number of rotatable bonds is 6. The van der Waals surface area contributed by atoms with E-state index >= 15 is 0 Å². The van der Waals surface area contributed by atoms with Crippen molar-refractivity contribution in [2.24, 2.45) is 0 Å². The molecular formula is C26H26N6O2S. The molecule has 0 bridgehead atoms. The standard InChI is InChI=1S/C26H26N6O2S/c1-18-23(26(34)31-14-6-3-7-15-31)25(35-24(18)20-8-4-2-5-9-20)28-22(33)16-19-10-12-21(13-11-19)32-17-27-29-30-32/h2,4-5,8-13,17H,3,6-7,14-16H2,1H3,(H,28,33). The van der Waals surface area contributed by atoms with Gasteiger partial charge in [-0.1, -0.05) is 42.5 Å². The van der Waals surface area contributed by atoms with Crippen molar-refractivity contribution in [3.63, 3.8) is 0 Å². The van der Waals surface area contributed by atoms with E-state index in [1.54, 1.807) is 4.68 Å². The summed E-state index contributed by atoms with van der Waals surface area (Å²) >= 11 is 1.47. The van der Waals surface area contributed by atoms with Crippen LogP contribution in [-0.4, -0.2) is 50.0 Å². The number of hydrogen-bond acceptors (Lipinski definition) is 6. The van der Waals surface area contributed by atoms with Gasteiger partial charge in [0.1, 0.15) is 11.3 Å². The molecule has 178 valence electrons. The minimum atomic E-state index is -0.159. The molecule has 0 atom stereocenters. The Morgan fingerprint density at radius 2 is 1.74 bits per heavy atom. The highest BCUT2D eigenvalue weighted by molar-refractivity contribution is 7.20. The summed E-state index contributed by atoms with van der Waals surface area (Å²) in [4.78, 5) is 29.5. The summed E-state index contributed by atoms with van der Waals surface area (Å²) < 4.78 is 1.56. The molecule has 0 saturated carbocycles. The van der Waals surface area contributed by atoms with E-state index in [9.17, 15) is 9.59 Å². The lowest BCUT2D eigenvalue weighted by Crippen LogP contribution is -2.36. The van der Waals surface area contributed by atoms with Gasteiger partial charge in [0, 0.05) is 18.0 Å². The number of anilines is 1. The van der Waals surface area contributed by atoms with Crippen LogP contribution in [0.15, 0.2) is 60.9 Å². The van der Waals surface area contributed by atoms with Crippen LogP contribution in [0.3, 0.4) is 0 Å². The SMILES string of the molecule is Cc1c(-c2ccccc2)sc(NC(=O)Cc2ccc(-n3cnnn3)cc2)c1C(=O)N1CCCCC1. The van der Waals surface area contributed by atoms with Crippen molar-refractivity contribution in [1.82, 2.24) is 25.1 Å². The molecule has 0 spiro atoms. The van der Waals surface area contributed by atoms with Crippen molar-refractivity contribution in [3.8, 4) is 16.1 Å². The second-order valence-corrected chi connectivity index (χ2v) is 9.65. The van der Waals surface area contributed by atoms with E-state index in [-0.39, 0.29) is 18.2 Å². The highest BCUT2D eigenvalue weighted by Crippen LogP contribution is 2.40. The third-order valence-corrected chi connectivity index (χ3v) is 7.46. The number of tetrazole rings is 1. The Morgan fingerprint density at radius 1 is 1.00 bits per heavy atom. The number of nitrogens with zero attached hydrogens (tertiary/aromatic N) is 5. The Kier molecular flexibility index (Phi) is 6.67. The number of amides is 2. The van der Waals surface area contributed by atoms with Gasteiger partial charge in [-0.15, -0.1) is 16.4 Å². The Labute approximate surface area is 207 Å². The predicted octanol–water partition coefficient (Wildman–Crippen LogP) is 4.51. The van der Waals surface area contributed by atoms with Crippen molar-refractivity contribution < 1.29 is 9.59 Å². The Balaban J connectivity index is 1.39. The normalized spacial score (nSPS) is 13.6. The second kappa shape index (κ2) is 10.2. The molecule has 0 aliphatic carbocycles. The molecule has 2 aromatic carbocycles. The summed E-state index contributed by atoms with van der Waals surface area (Å²) in [5, 5.41) is 14.8. The number of aromatic nitrogens is 4. The lowest BCUT2D eigenvalue weighted by atomic mass is 10.0. The summed E-state index contributed by atoms with van der Waals surface area (Å²) in [6, 6.07) is 17.5. The van der Waals surface area contributed by atoms with Crippen molar-refractivity contribution in [2.75, 3.05) is 18.4 Å². The first-order valence-corrected chi connectivity index (χ1v) is 12.5. The predicted molar refractivity (Wildman–Crippen MR) is 136 cm³/mol. The first kappa shape index (κ1) is 22.9. The zero-order valence-electron chi connectivity index (χ0n) is 19.5. The van der Waals surface area contributed by atoms with Crippen LogP contribution in [0.1, 0.15) is 40.7 Å². The summed E-state index contributed by atoms with van der Waals surface area (Å²) in [5.74, 6) is -0.157. The maximum atomic E-state index is 13.5. The number of hydrogen-bond donors (Lipinski definition) is 1. The van der Waals surface area contributed by atoms with Crippen LogP contribution in [-0.2, 0) is 11.2 Å². The van der Waals surface area contributed by atoms with Gasteiger partial charge in [-0.2, -0.15) is 0 Å². The average Bonchev–Trinajstić information content (AvgIpc) is 3.54. The number of carbonyl (C=O) groups is 2. The summed E-state index contributed by atoms with van der Waals surface area (Å²) in [6.45, 7) is 3.50. The zero-order chi connectivity index (χ0) is 24.2. The number of thiophene rings is 1. The number of benzene rings is 2. The molecule has 9 heteroatoms. The van der Waals surface area contributed by atoms with Crippen LogP contribution in [0, 0.1) is 6.92 Å². The molecule has 1 aliphatic rings. The number of likely N-dealkylation sites (tertiary alicyclic amines) is 1. The van der Waals surface area contributed by atoms with E-state index in [1.807, 2.05) is 66.4 Å². The molecule has 1 N–H and O–H groups in total. The van der Waals surface area contributed by atoms with Crippen LogP contribution in [0.5, 0.6) is 0 Å². The van der Waals surface area contributed by atoms with Crippen LogP contribution in [0.2, 0.25) is 0 Å². The van der Waals surface area contributed by atoms with Crippen LogP contribution in [0.4, 0.5) is 5.00 Å². The quantitative estimate of drug-likeness (QED) is 0.433. The highest BCUT2D eigenvalue weighted by atomic mass is 32.1. The minimum absolute atomic E-state index is 0.00160. The monoisotopic (exact) mass is 486 g/mol. The van der Waals surface area contributed by atoms with Crippen molar-refractivity contribution in [2.45, 2.75) is 32.6 Å². The van der Waals surface area contributed by atoms with E-state index in [0.29, 0.717) is 10.6 Å². The molecule has 5 rings (SSSR count). The van der Waals surface area contributed by atoms with Gasteiger partial charge < -0.3 is 10.2 Å². The van der Waals surface area contributed by atoms with E-state index in [2.05, 4.69) is 20.8 Å². The van der Waals surface area contributed by atoms with Crippen LogP contribution >= 0.6 is 11.3 Å². The number of carbonyl (C=O) groups excluding carboxylic acids is 2. The molecule has 8 nitrogen and oxygen atoms in total. The van der Waals surface area contributed by atoms with Gasteiger partial charge in [-0.3, -0.25) is 9.59 Å². The first-order chi connectivity index (χ1) is 17.1. The number of piperidine rings is 1. The molecule has 1 fully saturated rings. The maximum absolute atomic E-state index is 13.5. The molecule has 35 heavy (non-hydrogen) atoms. The van der Waals surface area contributed by atoms with Crippen LogP contribution < -0.4 is 5.32 Å². The van der Waals surface area contributed by atoms with Gasteiger partial charge in [-0.25, -0.2) is 4.68 Å². The van der Waals surface area contributed by atoms with Gasteiger partial charge in [0.05, 0.1) is 17.7 Å². The van der Waals surface area contributed by atoms with Gasteiger partial charge >= 0.3 is 0 Å². The smallest absolute Gasteiger partial charge is 0.257 e. The average molecular weight is 487 g/mol. The zero-order valence-corrected chi connectivity index (χ0v) is 20.3. The van der Waals surface area contributed by atoms with E-state index < -0.39 is 0 Å². The largest absolute Gasteiger partial charge is 0.339 e. The van der Waals surface area contributed by atoms with Gasteiger partial charge in [-0.05, 0) is 65.4 Å². The van der Waals surface area contributed by atoms with Gasteiger partial charge in [0.25, 0.3) is 5.91 Å². The topological polar surface area (TPSA) is 93.0 Å². The van der Waals surface area contributed by atoms with Crippen LogP contribution in [0.25, 0.3) is 16.1 Å². The Morgan fingerprint density at radius 3 is 2.43 bits per heavy atom. The van der Waals surface area contributed by atoms with Crippen molar-refractivity contribution in [3.05, 3.63) is 77.6 Å². The van der Waals surface area contributed by atoms with Gasteiger partial charge in [0.15, 0.2) is 0 Å². The summed E-state index contributed by atoms with van der Waals surface area (Å²) in [5.41, 5.74) is 4.24. The third-order valence-electron chi connectivity index (χ3n) is 6.21. The highest BCUT2D eigenvalue weighted by Gasteiger charge is 2.27. The molecule has 2 amide bonds. The minimum Gasteiger partial charge on any atom is -0.339 e. The fourth-order valence-corrected chi connectivity index (χ4v) is 5.60. The second-order valence-electron chi connectivity index (χ2n) is 8.62. The molecule has 2 aromatic heterocycles. The third kappa shape index (κ3) is 5.00. The van der Waals surface area contributed by atoms with E-state index in [0.717, 1.165) is 59.6 Å². The molecule has 0 unspecified atom stereocenters. The molecule has 0 radical (unpaired) electrons. The fraction of sp³-hybridized carbons (Fsp3) is 0.269. The lowest BCUT2D eigenvalue weighted by Gasteiger charge is -2.27. The molecular weight excluding hydrogens is 460 g/mol. The molecule has 4 aromatic rings. The summed E-state index contributed by atoms with van der Waals surface area (Å²) in [6.07, 6.45) is 4.90. The molecule has 1 saturated heterocycles. The van der Waals surface area contributed by atoms with Crippen molar-refractivity contribution in [1.29, 1.82) is 0 Å². The fourth-order valence-electron chi connectivity index (χ4n) is 4.38. The lowest BCUT2D eigenvalue weighted by molar-refractivity contribution is -0.115. The molecule has 1 aliphatic heterocycles. The summed E-state index contributed by atoms with van der Waals surface area (Å²) in [7, 11) is 0. The Hall–Kier alpha value is -3.85. The maximum Gasteiger partial charge on any atom is 0.257 e. The first-order valence-electron chi connectivity index (χ1n) is 11.7. The Bertz CT molecular complexity index is 1310. The van der Waals surface area contributed by atoms with Gasteiger partial charge in [0.2, 0.25) is 5.91 Å². The van der Waals surface area contributed by atoms with Crippen molar-refractivity contribution >= 4 is 28.2 Å². The molecule has 3 heterocycles. The van der Waals surface area contributed by atoms with E-state index in [4.69, 9.17) is 0 Å². The number of nitrogens with one attached hydrogen (secondary N) is 1.